The molecule has 0 saturated carbocycles. The molecule has 0 radical (unpaired) electrons. The molecule has 2 aromatic carbocycles. The Kier molecular flexibility index (Phi) is 9.91. The van der Waals surface area contributed by atoms with E-state index in [0.717, 1.165) is 11.1 Å². The highest BCUT2D eigenvalue weighted by Crippen LogP contribution is 2.47. The zero-order valence-electron chi connectivity index (χ0n) is 24.5. The standard InChI is InChI=1S/C31H39F3N2O6/c1-21(2)20-41-24-8-6-5-7-23(24)19-36-16-13-30(28(36)42-29(38)31(32,33)34)11-14-35(15-12-30)27(37)18-22-9-10-25(39-3)26(17-22)40-4/h5-10,17,21,28H,11-16,18-20H2,1-4H3. The molecule has 1 spiro atoms. The molecule has 1 atom stereocenters. The lowest BCUT2D eigenvalue weighted by Gasteiger charge is -2.43. The van der Waals surface area contributed by atoms with Crippen LogP contribution in [0.5, 0.6) is 17.2 Å². The second kappa shape index (κ2) is 13.2. The zero-order valence-corrected chi connectivity index (χ0v) is 24.5. The van der Waals surface area contributed by atoms with E-state index >= 15 is 0 Å². The van der Waals surface area contributed by atoms with Crippen molar-refractivity contribution < 1.29 is 41.7 Å². The smallest absolute Gasteiger partial charge is 0.490 e. The van der Waals surface area contributed by atoms with E-state index in [0.29, 0.717) is 68.7 Å². The fourth-order valence-corrected chi connectivity index (χ4v) is 5.75. The number of methoxy groups -OCH3 is 2. The van der Waals surface area contributed by atoms with Gasteiger partial charge in [-0.15, -0.1) is 0 Å². The number of likely N-dealkylation sites (tertiary alicyclic amines) is 2. The molecule has 0 aromatic heterocycles. The molecule has 11 heteroatoms. The molecule has 1 amide bonds. The van der Waals surface area contributed by atoms with Gasteiger partial charge in [-0.05, 0) is 48.9 Å². The Labute approximate surface area is 244 Å². The van der Waals surface area contributed by atoms with Gasteiger partial charge in [-0.25, -0.2) is 4.79 Å². The van der Waals surface area contributed by atoms with Crippen molar-refractivity contribution in [3.05, 3.63) is 53.6 Å². The minimum Gasteiger partial charge on any atom is -0.493 e. The Morgan fingerprint density at radius 1 is 0.952 bits per heavy atom. The van der Waals surface area contributed by atoms with Crippen LogP contribution in [0, 0.1) is 11.3 Å². The van der Waals surface area contributed by atoms with Gasteiger partial charge in [0.1, 0.15) is 5.75 Å². The van der Waals surface area contributed by atoms with Crippen LogP contribution in [-0.4, -0.2) is 74.5 Å². The van der Waals surface area contributed by atoms with Crippen molar-refractivity contribution in [2.24, 2.45) is 11.3 Å². The van der Waals surface area contributed by atoms with E-state index in [9.17, 15) is 22.8 Å². The number of esters is 1. The number of piperidine rings is 1. The van der Waals surface area contributed by atoms with Crippen molar-refractivity contribution in [2.45, 2.75) is 58.5 Å². The average Bonchev–Trinajstić information content (AvgIpc) is 3.27. The van der Waals surface area contributed by atoms with Crippen LogP contribution in [0.25, 0.3) is 0 Å². The van der Waals surface area contributed by atoms with Crippen LogP contribution in [-0.2, 0) is 27.3 Å². The summed E-state index contributed by atoms with van der Waals surface area (Å²) in [4.78, 5) is 28.8. The van der Waals surface area contributed by atoms with Crippen LogP contribution < -0.4 is 14.2 Å². The first-order chi connectivity index (χ1) is 20.0. The third-order valence-corrected chi connectivity index (χ3v) is 8.04. The Morgan fingerprint density at radius 2 is 1.62 bits per heavy atom. The van der Waals surface area contributed by atoms with Crippen molar-refractivity contribution in [1.29, 1.82) is 0 Å². The van der Waals surface area contributed by atoms with Gasteiger partial charge in [0.25, 0.3) is 0 Å². The van der Waals surface area contributed by atoms with Gasteiger partial charge in [0.05, 0.1) is 27.2 Å². The first-order valence-electron chi connectivity index (χ1n) is 14.2. The van der Waals surface area contributed by atoms with Gasteiger partial charge in [0, 0.05) is 37.2 Å². The molecule has 2 fully saturated rings. The van der Waals surface area contributed by atoms with Crippen molar-refractivity contribution >= 4 is 11.9 Å². The number of carbonyl (C=O) groups excluding carboxylic acids is 2. The van der Waals surface area contributed by atoms with Crippen molar-refractivity contribution in [3.8, 4) is 17.2 Å². The second-order valence-corrected chi connectivity index (χ2v) is 11.4. The molecule has 2 aliphatic rings. The number of halogens is 3. The number of amides is 1. The number of para-hydroxylation sites is 1. The quantitative estimate of drug-likeness (QED) is 0.350. The number of ether oxygens (including phenoxy) is 4. The summed E-state index contributed by atoms with van der Waals surface area (Å²) in [6.45, 7) is 6.00. The summed E-state index contributed by atoms with van der Waals surface area (Å²) in [6, 6.07) is 12.7. The summed E-state index contributed by atoms with van der Waals surface area (Å²) < 4.78 is 61.8. The SMILES string of the molecule is COc1ccc(CC(=O)N2CCC3(CC2)CCN(Cc2ccccc2OCC(C)C)C3OC(=O)C(F)(F)F)cc1OC. The third-order valence-electron chi connectivity index (χ3n) is 8.04. The molecule has 230 valence electrons. The number of benzene rings is 2. The zero-order chi connectivity index (χ0) is 30.5. The highest BCUT2D eigenvalue weighted by Gasteiger charge is 2.54. The summed E-state index contributed by atoms with van der Waals surface area (Å²) in [5.74, 6) is -0.246. The molecule has 2 heterocycles. The molecule has 2 aromatic rings. The highest BCUT2D eigenvalue weighted by molar-refractivity contribution is 5.79. The molecule has 1 unspecified atom stereocenters. The van der Waals surface area contributed by atoms with Gasteiger partial charge in [0.2, 0.25) is 5.91 Å². The molecular weight excluding hydrogens is 553 g/mol. The van der Waals surface area contributed by atoms with Crippen LogP contribution in [0.4, 0.5) is 13.2 Å². The minimum atomic E-state index is -5.11. The Balaban J connectivity index is 1.48. The largest absolute Gasteiger partial charge is 0.493 e. The predicted octanol–water partition coefficient (Wildman–Crippen LogP) is 5.23. The van der Waals surface area contributed by atoms with Crippen LogP contribution in [0.3, 0.4) is 0 Å². The maximum atomic E-state index is 13.3. The van der Waals surface area contributed by atoms with Gasteiger partial charge in [-0.2, -0.15) is 13.2 Å². The van der Waals surface area contributed by atoms with E-state index in [2.05, 4.69) is 0 Å². The molecule has 42 heavy (non-hydrogen) atoms. The molecule has 2 aliphatic heterocycles. The second-order valence-electron chi connectivity index (χ2n) is 11.4. The fourth-order valence-electron chi connectivity index (χ4n) is 5.75. The lowest BCUT2D eigenvalue weighted by molar-refractivity contribution is -0.220. The summed E-state index contributed by atoms with van der Waals surface area (Å²) >= 11 is 0. The number of alkyl halides is 3. The van der Waals surface area contributed by atoms with E-state index in [1.54, 1.807) is 28.0 Å². The van der Waals surface area contributed by atoms with Gasteiger partial charge in [0.15, 0.2) is 17.7 Å². The monoisotopic (exact) mass is 592 g/mol. The number of hydrogen-bond acceptors (Lipinski definition) is 7. The Hall–Kier alpha value is -3.47. The summed E-state index contributed by atoms with van der Waals surface area (Å²) in [5.41, 5.74) is 0.875. The topological polar surface area (TPSA) is 77.5 Å². The van der Waals surface area contributed by atoms with Gasteiger partial charge >= 0.3 is 12.1 Å². The average molecular weight is 593 g/mol. The maximum Gasteiger partial charge on any atom is 0.490 e. The summed E-state index contributed by atoms with van der Waals surface area (Å²) in [5, 5.41) is 0. The summed E-state index contributed by atoms with van der Waals surface area (Å²) in [7, 11) is 3.06. The molecule has 4 rings (SSSR count). The van der Waals surface area contributed by atoms with E-state index in [1.165, 1.54) is 14.2 Å². The van der Waals surface area contributed by atoms with E-state index in [4.69, 9.17) is 18.9 Å². The Morgan fingerprint density at radius 3 is 2.26 bits per heavy atom. The molecule has 0 bridgehead atoms. The number of carbonyl (C=O) groups is 2. The van der Waals surface area contributed by atoms with Crippen LogP contribution in [0.2, 0.25) is 0 Å². The van der Waals surface area contributed by atoms with E-state index in [1.807, 2.05) is 38.1 Å². The molecule has 2 saturated heterocycles. The molecule has 8 nitrogen and oxygen atoms in total. The van der Waals surface area contributed by atoms with Crippen molar-refractivity contribution in [3.63, 3.8) is 0 Å². The van der Waals surface area contributed by atoms with Gasteiger partial charge < -0.3 is 23.8 Å². The number of rotatable bonds is 10. The molecular formula is C31H39F3N2O6. The van der Waals surface area contributed by atoms with E-state index < -0.39 is 23.8 Å². The van der Waals surface area contributed by atoms with E-state index in [-0.39, 0.29) is 18.9 Å². The van der Waals surface area contributed by atoms with Gasteiger partial charge in [-0.3, -0.25) is 9.69 Å². The molecule has 0 N–H and O–H groups in total. The van der Waals surface area contributed by atoms with Crippen molar-refractivity contribution in [2.75, 3.05) is 40.5 Å². The lowest BCUT2D eigenvalue weighted by Crippen LogP contribution is -2.51. The predicted molar refractivity (Wildman–Crippen MR) is 149 cm³/mol. The first-order valence-corrected chi connectivity index (χ1v) is 14.2. The third kappa shape index (κ3) is 7.29. The number of hydrogen-bond donors (Lipinski definition) is 0. The summed E-state index contributed by atoms with van der Waals surface area (Å²) in [6.07, 6.45) is -4.64. The van der Waals surface area contributed by atoms with Crippen molar-refractivity contribution in [1.82, 2.24) is 9.80 Å². The highest BCUT2D eigenvalue weighted by atomic mass is 19.4. The van der Waals surface area contributed by atoms with Crippen LogP contribution in [0.1, 0.15) is 44.2 Å². The lowest BCUT2D eigenvalue weighted by atomic mass is 9.76. The number of nitrogens with zero attached hydrogens (tertiary/aromatic N) is 2. The Bertz CT molecular complexity index is 1240. The van der Waals surface area contributed by atoms with Gasteiger partial charge in [-0.1, -0.05) is 38.1 Å². The normalized spacial score (nSPS) is 18.8. The maximum absolute atomic E-state index is 13.3. The minimum absolute atomic E-state index is 0.0908. The first kappa shape index (κ1) is 31.5. The fraction of sp³-hybridized carbons (Fsp3) is 0.548. The van der Waals surface area contributed by atoms with Crippen LogP contribution in [0.15, 0.2) is 42.5 Å². The van der Waals surface area contributed by atoms with Crippen LogP contribution >= 0.6 is 0 Å². The molecule has 0 aliphatic carbocycles.